The maximum Gasteiger partial charge on any atom is 0.274 e. The lowest BCUT2D eigenvalue weighted by Crippen LogP contribution is -2.41. The monoisotopic (exact) mass is 498 g/mol. The van der Waals surface area contributed by atoms with Gasteiger partial charge in [-0.2, -0.15) is 5.10 Å². The maximum absolute atomic E-state index is 13.5. The van der Waals surface area contributed by atoms with Crippen molar-refractivity contribution in [3.8, 4) is 5.82 Å². The van der Waals surface area contributed by atoms with Gasteiger partial charge in [-0.1, -0.05) is 30.7 Å². The molecule has 34 heavy (non-hydrogen) atoms. The molecule has 0 spiro atoms. The second kappa shape index (κ2) is 9.90. The zero-order valence-corrected chi connectivity index (χ0v) is 21.3. The van der Waals surface area contributed by atoms with Crippen LogP contribution in [0.1, 0.15) is 65.4 Å². The van der Waals surface area contributed by atoms with Gasteiger partial charge in [-0.25, -0.2) is 9.67 Å². The minimum Gasteiger partial charge on any atom is -0.389 e. The summed E-state index contributed by atoms with van der Waals surface area (Å²) in [6.07, 6.45) is 2.18. The van der Waals surface area contributed by atoms with Crippen molar-refractivity contribution in [3.63, 3.8) is 0 Å². The molecule has 0 fully saturated rings. The lowest BCUT2D eigenvalue weighted by Gasteiger charge is -2.23. The van der Waals surface area contributed by atoms with Crippen LogP contribution in [0, 0.1) is 6.92 Å². The third-order valence-electron chi connectivity index (χ3n) is 4.89. The molecular formula is C24H27ClN6O2S. The van der Waals surface area contributed by atoms with Gasteiger partial charge in [0.15, 0.2) is 5.82 Å². The van der Waals surface area contributed by atoms with Crippen molar-refractivity contribution < 1.29 is 9.59 Å². The number of pyridine rings is 1. The predicted octanol–water partition coefficient (Wildman–Crippen LogP) is 4.21. The summed E-state index contributed by atoms with van der Waals surface area (Å²) < 4.78 is 1.41. The number of nitrogens with zero attached hydrogens (tertiary/aromatic N) is 3. The average Bonchev–Trinajstić information content (AvgIpc) is 3.18. The molecule has 0 saturated carbocycles. The van der Waals surface area contributed by atoms with E-state index < -0.39 is 11.4 Å². The topological polar surface area (TPSA) is 115 Å². The highest BCUT2D eigenvalue weighted by molar-refractivity contribution is 7.80. The minimum atomic E-state index is -0.490. The van der Waals surface area contributed by atoms with Gasteiger partial charge in [0, 0.05) is 17.3 Å². The molecule has 0 aliphatic rings. The standard InChI is InChI=1S/C24H27ClN6O2S/c1-6-15-12-18(31(30-15)21-17(25)8-7-9-27-21)23(33)28-19-13(2)10-14(20(26)34)11-16(19)22(32)29-24(3,4)5/h7-12H,6H2,1-5H3,(H2,26,34)(H,28,33)(H,29,32). The van der Waals surface area contributed by atoms with E-state index in [1.165, 1.54) is 4.68 Å². The van der Waals surface area contributed by atoms with Crippen molar-refractivity contribution in [1.82, 2.24) is 20.1 Å². The molecule has 4 N–H and O–H groups in total. The van der Waals surface area contributed by atoms with Gasteiger partial charge in [0.25, 0.3) is 11.8 Å². The van der Waals surface area contributed by atoms with E-state index in [2.05, 4.69) is 20.7 Å². The van der Waals surface area contributed by atoms with Crippen LogP contribution in [-0.4, -0.2) is 37.1 Å². The first-order valence-electron chi connectivity index (χ1n) is 10.7. The molecule has 0 atom stereocenters. The molecule has 1 aromatic carbocycles. The Hall–Kier alpha value is -3.30. The highest BCUT2D eigenvalue weighted by Crippen LogP contribution is 2.26. The van der Waals surface area contributed by atoms with E-state index in [4.69, 9.17) is 29.6 Å². The molecule has 0 aliphatic heterocycles. The van der Waals surface area contributed by atoms with Crippen molar-refractivity contribution in [2.75, 3.05) is 5.32 Å². The molecule has 2 amide bonds. The average molecular weight is 499 g/mol. The highest BCUT2D eigenvalue weighted by Gasteiger charge is 2.24. The van der Waals surface area contributed by atoms with Crippen LogP contribution in [0.2, 0.25) is 5.02 Å². The molecule has 2 aromatic heterocycles. The third kappa shape index (κ3) is 5.60. The number of aryl methyl sites for hydroxylation is 2. The van der Waals surface area contributed by atoms with Crippen LogP contribution in [0.15, 0.2) is 36.5 Å². The third-order valence-corrected chi connectivity index (χ3v) is 5.42. The Kier molecular flexibility index (Phi) is 7.38. The Labute approximate surface area is 208 Å². The number of anilines is 1. The summed E-state index contributed by atoms with van der Waals surface area (Å²) in [7, 11) is 0. The van der Waals surface area contributed by atoms with E-state index in [1.807, 2.05) is 27.7 Å². The Morgan fingerprint density at radius 2 is 1.91 bits per heavy atom. The molecule has 10 heteroatoms. The number of hydrogen-bond acceptors (Lipinski definition) is 5. The van der Waals surface area contributed by atoms with Crippen LogP contribution in [0.3, 0.4) is 0 Å². The quantitative estimate of drug-likeness (QED) is 0.438. The summed E-state index contributed by atoms with van der Waals surface area (Å²) in [4.78, 5) is 31.0. The Bertz CT molecular complexity index is 1280. The lowest BCUT2D eigenvalue weighted by molar-refractivity contribution is 0.0920. The summed E-state index contributed by atoms with van der Waals surface area (Å²) in [6.45, 7) is 9.32. The molecule has 0 aliphatic carbocycles. The Morgan fingerprint density at radius 1 is 1.21 bits per heavy atom. The molecule has 0 radical (unpaired) electrons. The van der Waals surface area contributed by atoms with Gasteiger partial charge >= 0.3 is 0 Å². The first-order valence-corrected chi connectivity index (χ1v) is 11.5. The van der Waals surface area contributed by atoms with Gasteiger partial charge in [0.05, 0.1) is 22.0 Å². The number of benzene rings is 1. The molecular weight excluding hydrogens is 472 g/mol. The fourth-order valence-electron chi connectivity index (χ4n) is 3.32. The zero-order chi connectivity index (χ0) is 25.2. The molecule has 8 nitrogen and oxygen atoms in total. The Balaban J connectivity index is 2.09. The van der Waals surface area contributed by atoms with Gasteiger partial charge in [0.1, 0.15) is 10.7 Å². The fourth-order valence-corrected chi connectivity index (χ4v) is 3.64. The van der Waals surface area contributed by atoms with Gasteiger partial charge in [0.2, 0.25) is 0 Å². The molecule has 0 saturated heterocycles. The van der Waals surface area contributed by atoms with Crippen LogP contribution >= 0.6 is 23.8 Å². The smallest absolute Gasteiger partial charge is 0.274 e. The molecule has 3 rings (SSSR count). The fraction of sp³-hybridized carbons (Fsp3) is 0.292. The van der Waals surface area contributed by atoms with Gasteiger partial charge in [-0.15, -0.1) is 0 Å². The number of nitrogens with one attached hydrogen (secondary N) is 2. The lowest BCUT2D eigenvalue weighted by atomic mass is 10.0. The number of carbonyl (C=O) groups excluding carboxylic acids is 2. The van der Waals surface area contributed by atoms with Gasteiger partial charge in [-0.3, -0.25) is 9.59 Å². The summed E-state index contributed by atoms with van der Waals surface area (Å²) in [5.74, 6) is -0.496. The summed E-state index contributed by atoms with van der Waals surface area (Å²) in [5.41, 5.74) is 8.03. The summed E-state index contributed by atoms with van der Waals surface area (Å²) in [6, 6.07) is 8.36. The van der Waals surface area contributed by atoms with Crippen molar-refractivity contribution in [2.45, 2.75) is 46.6 Å². The van der Waals surface area contributed by atoms with Crippen molar-refractivity contribution in [2.24, 2.45) is 5.73 Å². The highest BCUT2D eigenvalue weighted by atomic mass is 35.5. The SMILES string of the molecule is CCc1cc(C(=O)Nc2c(C)cc(C(N)=S)cc2C(=O)NC(C)(C)C)n(-c2ncccc2Cl)n1. The number of amides is 2. The molecule has 3 aromatic rings. The van der Waals surface area contributed by atoms with E-state index in [-0.39, 0.29) is 22.2 Å². The number of rotatable bonds is 6. The molecule has 0 bridgehead atoms. The molecule has 0 unspecified atom stereocenters. The summed E-state index contributed by atoms with van der Waals surface area (Å²) >= 11 is 11.4. The second-order valence-corrected chi connectivity index (χ2v) is 9.68. The number of halogens is 1. The van der Waals surface area contributed by atoms with E-state index in [0.29, 0.717) is 39.8 Å². The number of carbonyl (C=O) groups is 2. The van der Waals surface area contributed by atoms with E-state index in [1.54, 1.807) is 43.5 Å². The second-order valence-electron chi connectivity index (χ2n) is 8.83. The van der Waals surface area contributed by atoms with E-state index >= 15 is 0 Å². The van der Waals surface area contributed by atoms with Crippen LogP contribution in [0.4, 0.5) is 5.69 Å². The van der Waals surface area contributed by atoms with Crippen LogP contribution in [-0.2, 0) is 6.42 Å². The number of thiocarbonyl (C=S) groups is 1. The Morgan fingerprint density at radius 3 is 2.50 bits per heavy atom. The first-order chi connectivity index (χ1) is 15.9. The molecule has 178 valence electrons. The first kappa shape index (κ1) is 25.3. The van der Waals surface area contributed by atoms with Crippen LogP contribution in [0.5, 0.6) is 0 Å². The maximum atomic E-state index is 13.5. The van der Waals surface area contributed by atoms with Crippen LogP contribution < -0.4 is 16.4 Å². The number of nitrogens with two attached hydrogens (primary N) is 1. The number of hydrogen-bond donors (Lipinski definition) is 3. The van der Waals surface area contributed by atoms with Crippen LogP contribution in [0.25, 0.3) is 5.82 Å². The summed E-state index contributed by atoms with van der Waals surface area (Å²) in [5, 5.41) is 10.6. The van der Waals surface area contributed by atoms with Crippen molar-refractivity contribution in [1.29, 1.82) is 0 Å². The van der Waals surface area contributed by atoms with Crippen molar-refractivity contribution in [3.05, 3.63) is 69.6 Å². The van der Waals surface area contributed by atoms with Crippen molar-refractivity contribution >= 4 is 46.3 Å². The predicted molar refractivity (Wildman–Crippen MR) is 138 cm³/mol. The van der Waals surface area contributed by atoms with Gasteiger partial charge in [-0.05, 0) is 70.0 Å². The van der Waals surface area contributed by atoms with E-state index in [0.717, 1.165) is 0 Å². The van der Waals surface area contributed by atoms with E-state index in [9.17, 15) is 9.59 Å². The zero-order valence-electron chi connectivity index (χ0n) is 19.7. The largest absolute Gasteiger partial charge is 0.389 e. The van der Waals surface area contributed by atoms with Gasteiger partial charge < -0.3 is 16.4 Å². The number of aromatic nitrogens is 3. The minimum absolute atomic E-state index is 0.154. The normalized spacial score (nSPS) is 11.2. The molecule has 2 heterocycles.